The second-order valence-electron chi connectivity index (χ2n) is 8.31. The van der Waals surface area contributed by atoms with Crippen LogP contribution in [0.15, 0.2) is 66.3 Å². The van der Waals surface area contributed by atoms with Crippen LogP contribution in [-0.4, -0.2) is 32.9 Å². The predicted molar refractivity (Wildman–Crippen MR) is 132 cm³/mol. The summed E-state index contributed by atoms with van der Waals surface area (Å²) in [6, 6.07) is 14.7. The van der Waals surface area contributed by atoms with Crippen molar-refractivity contribution in [1.29, 1.82) is 0 Å². The molecule has 8 nitrogen and oxygen atoms in total. The highest BCUT2D eigenvalue weighted by Gasteiger charge is 2.28. The Hall–Kier alpha value is -4.05. The monoisotopic (exact) mass is 490 g/mol. The maximum atomic E-state index is 13.5. The number of hydrogen-bond donors (Lipinski definition) is 2. The second kappa shape index (κ2) is 9.67. The maximum absolute atomic E-state index is 13.5. The third-order valence-electron chi connectivity index (χ3n) is 5.98. The average molecular weight is 491 g/mol. The number of anilines is 2. The zero-order valence-corrected chi connectivity index (χ0v) is 19.5. The van der Waals surface area contributed by atoms with Crippen molar-refractivity contribution in [3.05, 3.63) is 94.8 Å². The number of pyridine rings is 1. The molecule has 1 unspecified atom stereocenters. The fourth-order valence-corrected chi connectivity index (χ4v) is 5.12. The van der Waals surface area contributed by atoms with Crippen molar-refractivity contribution in [2.75, 3.05) is 16.8 Å². The molecular formula is C25H23FN6O2S. The van der Waals surface area contributed by atoms with Crippen LogP contribution < -0.4 is 16.0 Å². The molecule has 178 valence electrons. The van der Waals surface area contributed by atoms with E-state index in [-0.39, 0.29) is 23.8 Å². The maximum Gasteiger partial charge on any atom is 0.274 e. The molecule has 0 saturated carbocycles. The molecule has 1 fully saturated rings. The standard InChI is InChI=1S/C25H23FN6O2S/c26-22-11-16(8-9-28-22)13-31-14-17(23(27)33)12-21(31)24(34)30-25-29-19(15-35-25)20-7-4-10-32(20)18-5-2-1-3-6-18/h1-3,5-6,8-9,11-12,14-15,20H,4,7,10,13H2,(H2,27,33)(H,29,30,34). The molecule has 1 aromatic carbocycles. The third-order valence-corrected chi connectivity index (χ3v) is 6.76. The molecule has 35 heavy (non-hydrogen) atoms. The van der Waals surface area contributed by atoms with Gasteiger partial charge in [0.05, 0.1) is 17.3 Å². The van der Waals surface area contributed by atoms with Crippen LogP contribution in [0.3, 0.4) is 0 Å². The lowest BCUT2D eigenvalue weighted by molar-refractivity contribution is 0.0998. The number of rotatable bonds is 7. The van der Waals surface area contributed by atoms with Crippen molar-refractivity contribution < 1.29 is 14.0 Å². The number of carbonyl (C=O) groups excluding carboxylic acids is 2. The van der Waals surface area contributed by atoms with Crippen LogP contribution in [0.5, 0.6) is 0 Å². The number of hydrogen-bond acceptors (Lipinski definition) is 6. The van der Waals surface area contributed by atoms with Gasteiger partial charge < -0.3 is 15.2 Å². The van der Waals surface area contributed by atoms with Crippen LogP contribution >= 0.6 is 11.3 Å². The number of carbonyl (C=O) groups is 2. The van der Waals surface area contributed by atoms with E-state index >= 15 is 0 Å². The zero-order valence-electron chi connectivity index (χ0n) is 18.7. The molecule has 1 aliphatic heterocycles. The highest BCUT2D eigenvalue weighted by atomic mass is 32.1. The minimum atomic E-state index is -0.655. The summed E-state index contributed by atoms with van der Waals surface area (Å²) in [7, 11) is 0. The summed E-state index contributed by atoms with van der Waals surface area (Å²) in [6.07, 6.45) is 4.89. The Kier molecular flexibility index (Phi) is 6.28. The molecular weight excluding hydrogens is 467 g/mol. The number of primary amides is 1. The minimum absolute atomic E-state index is 0.145. The normalized spacial score (nSPS) is 15.3. The Labute approximate surface area is 205 Å². The van der Waals surface area contributed by atoms with Gasteiger partial charge in [-0.05, 0) is 48.7 Å². The van der Waals surface area contributed by atoms with E-state index in [0.29, 0.717) is 10.7 Å². The molecule has 4 aromatic rings. The summed E-state index contributed by atoms with van der Waals surface area (Å²) in [6.45, 7) is 1.12. The number of aromatic nitrogens is 3. The smallest absolute Gasteiger partial charge is 0.274 e. The molecule has 4 heterocycles. The van der Waals surface area contributed by atoms with E-state index < -0.39 is 17.8 Å². The minimum Gasteiger partial charge on any atom is -0.366 e. The number of halogens is 1. The highest BCUT2D eigenvalue weighted by Crippen LogP contribution is 2.37. The van der Waals surface area contributed by atoms with E-state index in [9.17, 15) is 14.0 Å². The van der Waals surface area contributed by atoms with E-state index in [4.69, 9.17) is 5.73 Å². The van der Waals surface area contributed by atoms with Gasteiger partial charge in [0.25, 0.3) is 5.91 Å². The van der Waals surface area contributed by atoms with Crippen molar-refractivity contribution in [1.82, 2.24) is 14.5 Å². The lowest BCUT2D eigenvalue weighted by Crippen LogP contribution is -2.22. The number of nitrogens with two attached hydrogens (primary N) is 1. The zero-order chi connectivity index (χ0) is 24.4. The van der Waals surface area contributed by atoms with E-state index in [1.165, 1.54) is 35.9 Å². The molecule has 0 bridgehead atoms. The van der Waals surface area contributed by atoms with E-state index in [2.05, 4.69) is 32.3 Å². The van der Waals surface area contributed by atoms with Crippen LogP contribution in [0.25, 0.3) is 0 Å². The number of amides is 2. The van der Waals surface area contributed by atoms with Crippen LogP contribution in [0, 0.1) is 5.95 Å². The number of para-hydroxylation sites is 1. The van der Waals surface area contributed by atoms with Crippen LogP contribution in [0.2, 0.25) is 0 Å². The van der Waals surface area contributed by atoms with Crippen LogP contribution in [0.1, 0.15) is 51.0 Å². The molecule has 5 rings (SSSR count). The van der Waals surface area contributed by atoms with Gasteiger partial charge in [-0.15, -0.1) is 11.3 Å². The summed E-state index contributed by atoms with van der Waals surface area (Å²) < 4.78 is 15.1. The largest absolute Gasteiger partial charge is 0.366 e. The van der Waals surface area contributed by atoms with Gasteiger partial charge in [0.15, 0.2) is 5.13 Å². The molecule has 0 spiro atoms. The van der Waals surface area contributed by atoms with Gasteiger partial charge in [0, 0.05) is 36.6 Å². The van der Waals surface area contributed by atoms with Crippen LogP contribution in [0.4, 0.5) is 15.2 Å². The van der Waals surface area contributed by atoms with Crippen molar-refractivity contribution >= 4 is 34.0 Å². The first kappa shape index (κ1) is 22.7. The second-order valence-corrected chi connectivity index (χ2v) is 9.17. The van der Waals surface area contributed by atoms with Crippen molar-refractivity contribution in [2.45, 2.75) is 25.4 Å². The van der Waals surface area contributed by atoms with Gasteiger partial charge in [-0.25, -0.2) is 9.97 Å². The van der Waals surface area contributed by atoms with E-state index in [1.54, 1.807) is 10.6 Å². The number of benzene rings is 1. The lowest BCUT2D eigenvalue weighted by atomic mass is 10.1. The first-order valence-electron chi connectivity index (χ1n) is 11.2. The Balaban J connectivity index is 1.35. The molecule has 0 aliphatic carbocycles. The molecule has 10 heteroatoms. The SMILES string of the molecule is NC(=O)c1cc(C(=O)Nc2nc(C3CCCN3c3ccccc3)cs2)n(Cc2ccnc(F)c2)c1. The molecule has 2 amide bonds. The predicted octanol–water partition coefficient (Wildman–Crippen LogP) is 4.22. The van der Waals surface area contributed by atoms with E-state index in [1.807, 2.05) is 23.6 Å². The summed E-state index contributed by atoms with van der Waals surface area (Å²) in [4.78, 5) is 35.4. The third kappa shape index (κ3) is 4.92. The van der Waals surface area contributed by atoms with Crippen LogP contribution in [-0.2, 0) is 6.54 Å². The fraction of sp³-hybridized carbons (Fsp3) is 0.200. The Bertz CT molecular complexity index is 1370. The first-order valence-corrected chi connectivity index (χ1v) is 12.0. The molecule has 0 radical (unpaired) electrons. The Morgan fingerprint density at radius 2 is 2.03 bits per heavy atom. The molecule has 1 saturated heterocycles. The Morgan fingerprint density at radius 3 is 2.80 bits per heavy atom. The van der Waals surface area contributed by atoms with Crippen molar-refractivity contribution in [3.63, 3.8) is 0 Å². The lowest BCUT2D eigenvalue weighted by Gasteiger charge is -2.25. The van der Waals surface area contributed by atoms with Gasteiger partial charge in [0.1, 0.15) is 5.69 Å². The molecule has 1 aliphatic rings. The summed E-state index contributed by atoms with van der Waals surface area (Å²) in [5.74, 6) is -1.71. The summed E-state index contributed by atoms with van der Waals surface area (Å²) >= 11 is 1.35. The summed E-state index contributed by atoms with van der Waals surface area (Å²) in [5, 5.41) is 5.27. The summed E-state index contributed by atoms with van der Waals surface area (Å²) in [5.41, 5.74) is 8.50. The van der Waals surface area contributed by atoms with Crippen molar-refractivity contribution in [2.24, 2.45) is 5.73 Å². The van der Waals surface area contributed by atoms with Crippen molar-refractivity contribution in [3.8, 4) is 0 Å². The van der Waals surface area contributed by atoms with Gasteiger partial charge in [-0.3, -0.25) is 14.9 Å². The topological polar surface area (TPSA) is 106 Å². The van der Waals surface area contributed by atoms with E-state index in [0.717, 1.165) is 30.8 Å². The van der Waals surface area contributed by atoms with Gasteiger partial charge >= 0.3 is 0 Å². The average Bonchev–Trinajstić information content (AvgIpc) is 3.59. The molecule has 3 aromatic heterocycles. The first-order chi connectivity index (χ1) is 17.0. The molecule has 3 N–H and O–H groups in total. The highest BCUT2D eigenvalue weighted by molar-refractivity contribution is 7.14. The number of thiazole rings is 1. The van der Waals surface area contributed by atoms with Gasteiger partial charge in [0.2, 0.25) is 11.9 Å². The quantitative estimate of drug-likeness (QED) is 0.377. The fourth-order valence-electron chi connectivity index (χ4n) is 4.36. The number of nitrogens with one attached hydrogen (secondary N) is 1. The van der Waals surface area contributed by atoms with Gasteiger partial charge in [-0.2, -0.15) is 4.39 Å². The van der Waals surface area contributed by atoms with Gasteiger partial charge in [-0.1, -0.05) is 18.2 Å². The Morgan fingerprint density at radius 1 is 1.20 bits per heavy atom. The number of nitrogens with zero attached hydrogens (tertiary/aromatic N) is 4. The molecule has 1 atom stereocenters.